The Morgan fingerprint density at radius 2 is 1.81 bits per heavy atom. The van der Waals surface area contributed by atoms with Gasteiger partial charge in [0.1, 0.15) is 5.69 Å². The van der Waals surface area contributed by atoms with Gasteiger partial charge < -0.3 is 5.32 Å². The summed E-state index contributed by atoms with van der Waals surface area (Å²) in [5.41, 5.74) is -0.876. The van der Waals surface area contributed by atoms with Crippen LogP contribution >= 0.6 is 35.1 Å². The number of aryl methyl sites for hydroxylation is 1. The Labute approximate surface area is 189 Å². The first-order valence-corrected chi connectivity index (χ1v) is 10.1. The van der Waals surface area contributed by atoms with Crippen LogP contribution in [0.1, 0.15) is 38.9 Å². The van der Waals surface area contributed by atoms with Crippen LogP contribution in [0.4, 0.5) is 18.0 Å². The number of urea groups is 1. The van der Waals surface area contributed by atoms with Gasteiger partial charge in [0.15, 0.2) is 0 Å². The van der Waals surface area contributed by atoms with Crippen molar-refractivity contribution in [3.05, 3.63) is 56.8 Å². The maximum Gasteiger partial charge on any atom is 0.417 e. The Morgan fingerprint density at radius 1 is 1.13 bits per heavy atom. The molecule has 1 aromatic carbocycles. The van der Waals surface area contributed by atoms with Crippen LogP contribution in [0, 0.1) is 6.92 Å². The van der Waals surface area contributed by atoms with E-state index in [0.29, 0.717) is 34.3 Å². The predicted molar refractivity (Wildman–Crippen MR) is 110 cm³/mol. The van der Waals surface area contributed by atoms with E-state index < -0.39 is 40.3 Å². The summed E-state index contributed by atoms with van der Waals surface area (Å²) in [5, 5.41) is 4.28. The van der Waals surface area contributed by atoms with Crippen LogP contribution < -0.4 is 15.4 Å². The number of nitrogens with one attached hydrogen (secondary N) is 3. The van der Waals surface area contributed by atoms with Crippen molar-refractivity contribution in [1.82, 2.24) is 20.3 Å². The lowest BCUT2D eigenvalue weighted by Gasteiger charge is -2.13. The number of benzene rings is 1. The zero-order valence-corrected chi connectivity index (χ0v) is 18.3. The number of aromatic nitrogens is 1. The van der Waals surface area contributed by atoms with Crippen molar-refractivity contribution < 1.29 is 27.6 Å². The molecule has 13 heteroatoms. The number of imide groups is 1. The molecular weight excluding hydrogens is 480 g/mol. The monoisotopic (exact) mass is 494 g/mol. The van der Waals surface area contributed by atoms with Crippen molar-refractivity contribution in [3.8, 4) is 0 Å². The smallest absolute Gasteiger partial charge is 0.352 e. The molecule has 0 fully saturated rings. The van der Waals surface area contributed by atoms with Crippen LogP contribution in [0.5, 0.6) is 0 Å². The van der Waals surface area contributed by atoms with Gasteiger partial charge in [-0.3, -0.25) is 19.6 Å². The highest BCUT2D eigenvalue weighted by molar-refractivity contribution is 7.98. The first kappa shape index (κ1) is 24.8. The Balaban J connectivity index is 2.11. The zero-order valence-electron chi connectivity index (χ0n) is 16.0. The molecule has 0 aliphatic carbocycles. The molecule has 0 saturated heterocycles. The Kier molecular flexibility index (Phi) is 8.15. The molecule has 0 aliphatic heterocycles. The first-order chi connectivity index (χ1) is 14.4. The molecule has 0 radical (unpaired) electrons. The summed E-state index contributed by atoms with van der Waals surface area (Å²) in [6.45, 7) is 3.78. The largest absolute Gasteiger partial charge is 0.417 e. The average molecular weight is 495 g/mol. The van der Waals surface area contributed by atoms with Gasteiger partial charge in [-0.15, -0.1) is 0 Å². The quantitative estimate of drug-likeness (QED) is 0.526. The van der Waals surface area contributed by atoms with Crippen LogP contribution in [0.2, 0.25) is 10.0 Å². The standard InChI is InChI=1S/C18H15Cl2F3N4O3S/c1-3-24-15(28)11-6-10(19)4-8(2)14(11)31-27-17(30)26-16(29)13-12(20)5-9(7-25-13)18(21,22)23/h4-7H,3H2,1-2H3,(H,24,28)(H2,26,27,29,30). The number of carbonyl (C=O) groups is 3. The van der Waals surface area contributed by atoms with Crippen LogP contribution in [0.3, 0.4) is 0 Å². The number of carbonyl (C=O) groups excluding carboxylic acids is 3. The number of hydrogen-bond acceptors (Lipinski definition) is 5. The number of alkyl halides is 3. The minimum atomic E-state index is -4.68. The van der Waals surface area contributed by atoms with E-state index in [2.05, 4.69) is 15.0 Å². The zero-order chi connectivity index (χ0) is 23.3. The van der Waals surface area contributed by atoms with Gasteiger partial charge in [-0.05, 0) is 49.6 Å². The lowest BCUT2D eigenvalue weighted by Crippen LogP contribution is -2.37. The minimum Gasteiger partial charge on any atom is -0.352 e. The molecule has 0 atom stereocenters. The van der Waals surface area contributed by atoms with Gasteiger partial charge in [0.2, 0.25) is 0 Å². The van der Waals surface area contributed by atoms with Gasteiger partial charge in [-0.2, -0.15) is 13.2 Å². The van der Waals surface area contributed by atoms with E-state index in [0.717, 1.165) is 11.9 Å². The van der Waals surface area contributed by atoms with Crippen molar-refractivity contribution in [1.29, 1.82) is 0 Å². The third-order valence-electron chi connectivity index (χ3n) is 3.68. The third kappa shape index (κ3) is 6.49. The topological polar surface area (TPSA) is 100 Å². The van der Waals surface area contributed by atoms with Crippen LogP contribution in [0.15, 0.2) is 29.3 Å². The van der Waals surface area contributed by atoms with E-state index in [9.17, 15) is 27.6 Å². The Bertz CT molecular complexity index is 1030. The molecule has 2 rings (SSSR count). The summed E-state index contributed by atoms with van der Waals surface area (Å²) in [6, 6.07) is 2.55. The third-order valence-corrected chi connectivity index (χ3v) is 5.22. The van der Waals surface area contributed by atoms with E-state index in [1.54, 1.807) is 19.9 Å². The highest BCUT2D eigenvalue weighted by Gasteiger charge is 2.32. The second-order valence-corrected chi connectivity index (χ2v) is 7.66. The molecule has 0 aliphatic rings. The van der Waals surface area contributed by atoms with Gasteiger partial charge in [-0.25, -0.2) is 9.78 Å². The molecule has 7 nitrogen and oxygen atoms in total. The number of hydrogen-bond donors (Lipinski definition) is 3. The average Bonchev–Trinajstić information content (AvgIpc) is 2.65. The molecule has 0 spiro atoms. The molecule has 0 unspecified atom stereocenters. The fourth-order valence-corrected chi connectivity index (χ4v) is 3.59. The molecule has 1 aromatic heterocycles. The fraction of sp³-hybridized carbons (Fsp3) is 0.222. The van der Waals surface area contributed by atoms with Gasteiger partial charge in [0.25, 0.3) is 11.8 Å². The van der Waals surface area contributed by atoms with Crippen LogP contribution in [0.25, 0.3) is 0 Å². The minimum absolute atomic E-state index is 0.218. The molecule has 0 bridgehead atoms. The van der Waals surface area contributed by atoms with Gasteiger partial charge in [0.05, 0.1) is 16.1 Å². The van der Waals surface area contributed by atoms with Gasteiger partial charge >= 0.3 is 12.2 Å². The Morgan fingerprint density at radius 3 is 2.39 bits per heavy atom. The second kappa shape index (κ2) is 10.2. The second-order valence-electron chi connectivity index (χ2n) is 6.00. The van der Waals surface area contributed by atoms with E-state index in [4.69, 9.17) is 23.2 Å². The number of amides is 4. The Hall–Kier alpha value is -2.50. The molecule has 4 amide bonds. The normalized spacial score (nSPS) is 11.1. The fourth-order valence-electron chi connectivity index (χ4n) is 2.34. The summed E-state index contributed by atoms with van der Waals surface area (Å²) in [6.07, 6.45) is -4.25. The number of halogens is 5. The van der Waals surface area contributed by atoms with Gasteiger partial charge in [0, 0.05) is 22.7 Å². The molecule has 0 saturated carbocycles. The molecule has 31 heavy (non-hydrogen) atoms. The molecule has 2 aromatic rings. The maximum absolute atomic E-state index is 12.7. The highest BCUT2D eigenvalue weighted by Crippen LogP contribution is 2.31. The van der Waals surface area contributed by atoms with Crippen molar-refractivity contribution in [2.75, 3.05) is 6.54 Å². The van der Waals surface area contributed by atoms with E-state index in [1.165, 1.54) is 6.07 Å². The van der Waals surface area contributed by atoms with Gasteiger partial charge in [-0.1, -0.05) is 23.2 Å². The van der Waals surface area contributed by atoms with Crippen molar-refractivity contribution in [2.24, 2.45) is 0 Å². The number of nitrogens with zero attached hydrogens (tertiary/aromatic N) is 1. The van der Waals surface area contributed by atoms with Crippen LogP contribution in [-0.2, 0) is 6.18 Å². The highest BCUT2D eigenvalue weighted by atomic mass is 35.5. The summed E-state index contributed by atoms with van der Waals surface area (Å²) in [4.78, 5) is 40.2. The predicted octanol–water partition coefficient (Wildman–Crippen LogP) is 4.61. The molecule has 1 heterocycles. The molecular formula is C18H15Cl2F3N4O3S. The van der Waals surface area contributed by atoms with E-state index >= 15 is 0 Å². The van der Waals surface area contributed by atoms with Crippen molar-refractivity contribution in [3.63, 3.8) is 0 Å². The summed E-state index contributed by atoms with van der Waals surface area (Å²) in [7, 11) is 0. The molecule has 166 valence electrons. The number of rotatable bonds is 5. The van der Waals surface area contributed by atoms with Crippen molar-refractivity contribution in [2.45, 2.75) is 24.9 Å². The van der Waals surface area contributed by atoms with Crippen LogP contribution in [-0.4, -0.2) is 29.4 Å². The lowest BCUT2D eigenvalue weighted by molar-refractivity contribution is -0.137. The molecule has 3 N–H and O–H groups in total. The van der Waals surface area contributed by atoms with E-state index in [1.807, 2.05) is 5.32 Å². The maximum atomic E-state index is 12.7. The first-order valence-electron chi connectivity index (χ1n) is 8.53. The summed E-state index contributed by atoms with van der Waals surface area (Å²) in [5.74, 6) is -1.51. The summed E-state index contributed by atoms with van der Waals surface area (Å²) < 4.78 is 40.3. The number of pyridine rings is 1. The SMILES string of the molecule is CCNC(=O)c1cc(Cl)cc(C)c1SNC(=O)NC(=O)c1ncc(C(F)(F)F)cc1Cl. The lowest BCUT2D eigenvalue weighted by atomic mass is 10.1. The summed E-state index contributed by atoms with van der Waals surface area (Å²) >= 11 is 12.4. The van der Waals surface area contributed by atoms with E-state index in [-0.39, 0.29) is 5.56 Å². The van der Waals surface area contributed by atoms with Crippen molar-refractivity contribution >= 4 is 53.0 Å².